The van der Waals surface area contributed by atoms with Crippen LogP contribution in [0.25, 0.3) is 0 Å². The maximum Gasteiger partial charge on any atom is 0.233 e. The van der Waals surface area contributed by atoms with Gasteiger partial charge in [0.2, 0.25) is 11.8 Å². The molecule has 1 aromatic rings. The van der Waals surface area contributed by atoms with Crippen LogP contribution in [0.5, 0.6) is 0 Å². The van der Waals surface area contributed by atoms with E-state index in [-0.39, 0.29) is 29.1 Å². The highest BCUT2D eigenvalue weighted by atomic mass is 32.1. The van der Waals surface area contributed by atoms with E-state index < -0.39 is 6.04 Å². The van der Waals surface area contributed by atoms with Gasteiger partial charge < -0.3 is 5.73 Å². The SMILES string of the molecule is CC1CC(=O)N(C(C(N)=S)c2ccccc2)C1=O. The van der Waals surface area contributed by atoms with E-state index in [4.69, 9.17) is 18.0 Å². The first-order valence-corrected chi connectivity index (χ1v) is 6.13. The second kappa shape index (κ2) is 4.86. The molecule has 18 heavy (non-hydrogen) atoms. The first kappa shape index (κ1) is 12.7. The molecule has 1 aliphatic rings. The van der Waals surface area contributed by atoms with Crippen LogP contribution in [-0.2, 0) is 9.59 Å². The molecule has 5 heteroatoms. The highest BCUT2D eigenvalue weighted by Crippen LogP contribution is 2.29. The predicted molar refractivity (Wildman–Crippen MR) is 71.6 cm³/mol. The fourth-order valence-corrected chi connectivity index (χ4v) is 2.40. The van der Waals surface area contributed by atoms with Gasteiger partial charge >= 0.3 is 0 Å². The van der Waals surface area contributed by atoms with Crippen LogP contribution in [0.2, 0.25) is 0 Å². The number of nitrogens with two attached hydrogens (primary N) is 1. The second-order valence-electron chi connectivity index (χ2n) is 4.42. The third kappa shape index (κ3) is 2.13. The van der Waals surface area contributed by atoms with Crippen molar-refractivity contribution in [1.82, 2.24) is 4.90 Å². The van der Waals surface area contributed by atoms with E-state index in [0.29, 0.717) is 0 Å². The summed E-state index contributed by atoms with van der Waals surface area (Å²) in [6.45, 7) is 1.74. The number of rotatable bonds is 3. The van der Waals surface area contributed by atoms with Crippen molar-refractivity contribution in [3.05, 3.63) is 35.9 Å². The number of likely N-dealkylation sites (tertiary alicyclic amines) is 1. The maximum absolute atomic E-state index is 12.0. The predicted octanol–water partition coefficient (Wildman–Crippen LogP) is 1.41. The minimum Gasteiger partial charge on any atom is -0.391 e. The zero-order valence-corrected chi connectivity index (χ0v) is 10.8. The Morgan fingerprint density at radius 1 is 1.39 bits per heavy atom. The first-order chi connectivity index (χ1) is 8.52. The van der Waals surface area contributed by atoms with E-state index in [1.54, 1.807) is 6.92 Å². The standard InChI is InChI=1S/C13H14N2O2S/c1-8-7-10(16)15(13(8)17)11(12(14)18)9-5-3-2-4-6-9/h2-6,8,11H,7H2,1H3,(H2,14,18). The van der Waals surface area contributed by atoms with Crippen molar-refractivity contribution >= 4 is 29.0 Å². The summed E-state index contributed by atoms with van der Waals surface area (Å²) in [4.78, 5) is 25.3. The molecule has 0 aliphatic carbocycles. The third-order valence-electron chi connectivity index (χ3n) is 3.05. The Hall–Kier alpha value is -1.75. The smallest absolute Gasteiger partial charge is 0.233 e. The van der Waals surface area contributed by atoms with Gasteiger partial charge in [-0.1, -0.05) is 49.5 Å². The van der Waals surface area contributed by atoms with Crippen LogP contribution in [0, 0.1) is 5.92 Å². The number of thiocarbonyl (C=S) groups is 1. The molecular weight excluding hydrogens is 248 g/mol. The van der Waals surface area contributed by atoms with Crippen molar-refractivity contribution in [3.63, 3.8) is 0 Å². The lowest BCUT2D eigenvalue weighted by atomic mass is 10.1. The van der Waals surface area contributed by atoms with Crippen LogP contribution in [0.3, 0.4) is 0 Å². The number of nitrogens with zero attached hydrogens (tertiary/aromatic N) is 1. The van der Waals surface area contributed by atoms with Gasteiger partial charge in [-0.05, 0) is 5.56 Å². The molecule has 0 radical (unpaired) electrons. The highest BCUT2D eigenvalue weighted by molar-refractivity contribution is 7.80. The van der Waals surface area contributed by atoms with Gasteiger partial charge in [-0.3, -0.25) is 14.5 Å². The molecule has 2 N–H and O–H groups in total. The van der Waals surface area contributed by atoms with Crippen molar-refractivity contribution in [1.29, 1.82) is 0 Å². The molecular formula is C13H14N2O2S. The van der Waals surface area contributed by atoms with Crippen molar-refractivity contribution in [2.75, 3.05) is 0 Å². The van der Waals surface area contributed by atoms with Crippen LogP contribution in [-0.4, -0.2) is 21.7 Å². The quantitative estimate of drug-likeness (QED) is 0.661. The lowest BCUT2D eigenvalue weighted by Gasteiger charge is -2.25. The molecule has 2 atom stereocenters. The van der Waals surface area contributed by atoms with Crippen LogP contribution in [0.4, 0.5) is 0 Å². The van der Waals surface area contributed by atoms with Crippen LogP contribution < -0.4 is 5.73 Å². The fourth-order valence-electron chi connectivity index (χ4n) is 2.16. The number of carbonyl (C=O) groups excluding carboxylic acids is 2. The average Bonchev–Trinajstić information content (AvgIpc) is 2.57. The van der Waals surface area contributed by atoms with Gasteiger partial charge in [-0.25, -0.2) is 0 Å². The lowest BCUT2D eigenvalue weighted by Crippen LogP contribution is -2.40. The van der Waals surface area contributed by atoms with E-state index >= 15 is 0 Å². The Morgan fingerprint density at radius 3 is 2.44 bits per heavy atom. The summed E-state index contributed by atoms with van der Waals surface area (Å²) in [7, 11) is 0. The summed E-state index contributed by atoms with van der Waals surface area (Å²) in [6, 6.07) is 8.51. The maximum atomic E-state index is 12.0. The Kier molecular flexibility index (Phi) is 3.43. The van der Waals surface area contributed by atoms with Gasteiger partial charge in [-0.15, -0.1) is 0 Å². The number of hydrogen-bond donors (Lipinski definition) is 1. The molecule has 1 aromatic carbocycles. The molecule has 94 valence electrons. The minimum atomic E-state index is -0.633. The minimum absolute atomic E-state index is 0.136. The number of benzene rings is 1. The lowest BCUT2D eigenvalue weighted by molar-refractivity contribution is -0.140. The zero-order valence-electron chi connectivity index (χ0n) is 10.00. The van der Waals surface area contributed by atoms with Gasteiger partial charge in [-0.2, -0.15) is 0 Å². The largest absolute Gasteiger partial charge is 0.391 e. The number of hydrogen-bond acceptors (Lipinski definition) is 3. The van der Waals surface area contributed by atoms with Crippen molar-refractivity contribution in [3.8, 4) is 0 Å². The monoisotopic (exact) mass is 262 g/mol. The molecule has 2 amide bonds. The highest BCUT2D eigenvalue weighted by Gasteiger charge is 2.41. The van der Waals surface area contributed by atoms with E-state index in [9.17, 15) is 9.59 Å². The molecule has 0 aromatic heterocycles. The summed E-state index contributed by atoms with van der Waals surface area (Å²) in [6.07, 6.45) is 0.227. The van der Waals surface area contributed by atoms with Crippen molar-refractivity contribution < 1.29 is 9.59 Å². The Bertz CT molecular complexity index is 501. The van der Waals surface area contributed by atoms with E-state index in [1.165, 1.54) is 4.90 Å². The Labute approximate surface area is 111 Å². The number of carbonyl (C=O) groups is 2. The molecule has 2 unspecified atom stereocenters. The molecule has 1 heterocycles. The summed E-state index contributed by atoms with van der Waals surface area (Å²) >= 11 is 5.01. The molecule has 1 saturated heterocycles. The van der Waals surface area contributed by atoms with E-state index in [2.05, 4.69) is 0 Å². The molecule has 0 saturated carbocycles. The van der Waals surface area contributed by atoms with Gasteiger partial charge in [0, 0.05) is 12.3 Å². The Balaban J connectivity index is 2.41. The zero-order chi connectivity index (χ0) is 13.3. The van der Waals surface area contributed by atoms with Crippen LogP contribution in [0.1, 0.15) is 24.9 Å². The average molecular weight is 262 g/mol. The fraction of sp³-hybridized carbons (Fsp3) is 0.308. The second-order valence-corrected chi connectivity index (χ2v) is 4.89. The molecule has 0 bridgehead atoms. The van der Waals surface area contributed by atoms with Gasteiger partial charge in [0.1, 0.15) is 11.0 Å². The van der Waals surface area contributed by atoms with Crippen LogP contribution in [0.15, 0.2) is 30.3 Å². The molecule has 2 rings (SSSR count). The Morgan fingerprint density at radius 2 is 2.00 bits per heavy atom. The molecule has 1 fully saturated rings. The van der Waals surface area contributed by atoms with Gasteiger partial charge in [0.25, 0.3) is 0 Å². The first-order valence-electron chi connectivity index (χ1n) is 5.72. The summed E-state index contributed by atoms with van der Waals surface area (Å²) < 4.78 is 0. The summed E-state index contributed by atoms with van der Waals surface area (Å²) in [5.74, 6) is -0.714. The van der Waals surface area contributed by atoms with Gasteiger partial charge in [0.05, 0.1) is 0 Å². The molecule has 4 nitrogen and oxygen atoms in total. The van der Waals surface area contributed by atoms with Crippen LogP contribution >= 0.6 is 12.2 Å². The number of amides is 2. The van der Waals surface area contributed by atoms with Gasteiger partial charge in [0.15, 0.2) is 0 Å². The van der Waals surface area contributed by atoms with E-state index in [1.807, 2.05) is 30.3 Å². The van der Waals surface area contributed by atoms with Crippen molar-refractivity contribution in [2.24, 2.45) is 11.7 Å². The molecule has 1 aliphatic heterocycles. The van der Waals surface area contributed by atoms with E-state index in [0.717, 1.165) is 5.56 Å². The van der Waals surface area contributed by atoms with Crippen molar-refractivity contribution in [2.45, 2.75) is 19.4 Å². The molecule has 0 spiro atoms. The summed E-state index contributed by atoms with van der Waals surface area (Å²) in [5.41, 5.74) is 6.47. The summed E-state index contributed by atoms with van der Waals surface area (Å²) in [5, 5.41) is 0. The normalized spacial score (nSPS) is 21.2. The third-order valence-corrected chi connectivity index (χ3v) is 3.27. The number of imide groups is 1. The topological polar surface area (TPSA) is 63.4 Å².